The SMILES string of the molecule is CC(C)n1c(SCC(=O)Nc2sccc2C(N)=O)nc2cc(Cl)ccc2c1=O. The van der Waals surface area contributed by atoms with E-state index >= 15 is 0 Å². The van der Waals surface area contributed by atoms with E-state index in [9.17, 15) is 14.4 Å². The van der Waals surface area contributed by atoms with Gasteiger partial charge in [-0.15, -0.1) is 11.3 Å². The third-order valence-corrected chi connectivity index (χ3v) is 5.88. The number of anilines is 1. The number of carbonyl (C=O) groups excluding carboxylic acids is 2. The maximum atomic E-state index is 12.8. The molecular weight excluding hydrogens is 420 g/mol. The van der Waals surface area contributed by atoms with Gasteiger partial charge in [0.1, 0.15) is 5.00 Å². The summed E-state index contributed by atoms with van der Waals surface area (Å²) in [7, 11) is 0. The van der Waals surface area contributed by atoms with Crippen molar-refractivity contribution in [3.8, 4) is 0 Å². The molecule has 0 aliphatic carbocycles. The van der Waals surface area contributed by atoms with Crippen molar-refractivity contribution in [2.45, 2.75) is 25.0 Å². The van der Waals surface area contributed by atoms with Crippen LogP contribution in [0.3, 0.4) is 0 Å². The van der Waals surface area contributed by atoms with Gasteiger partial charge >= 0.3 is 0 Å². The number of fused-ring (bicyclic) bond motifs is 1. The normalized spacial score (nSPS) is 11.1. The monoisotopic (exact) mass is 436 g/mol. The van der Waals surface area contributed by atoms with Gasteiger partial charge in [-0.2, -0.15) is 0 Å². The fourth-order valence-electron chi connectivity index (χ4n) is 2.60. The Hall–Kier alpha value is -2.36. The molecule has 0 atom stereocenters. The fourth-order valence-corrected chi connectivity index (χ4v) is 4.50. The lowest BCUT2D eigenvalue weighted by atomic mass is 10.2. The van der Waals surface area contributed by atoms with Gasteiger partial charge in [-0.25, -0.2) is 4.98 Å². The Morgan fingerprint density at radius 2 is 2.11 bits per heavy atom. The Morgan fingerprint density at radius 3 is 2.79 bits per heavy atom. The van der Waals surface area contributed by atoms with Gasteiger partial charge < -0.3 is 11.1 Å². The standard InChI is InChI=1S/C18H17ClN4O3S2/c1-9(2)23-17(26)11-4-3-10(19)7-13(11)21-18(23)28-8-14(24)22-16-12(15(20)25)5-6-27-16/h3-7,9H,8H2,1-2H3,(H2,20,25)(H,22,24). The first-order chi connectivity index (χ1) is 13.3. The lowest BCUT2D eigenvalue weighted by molar-refractivity contribution is -0.113. The molecule has 2 amide bonds. The lowest BCUT2D eigenvalue weighted by Crippen LogP contribution is -2.26. The number of nitrogens with two attached hydrogens (primary N) is 1. The summed E-state index contributed by atoms with van der Waals surface area (Å²) in [5, 5.41) is 6.12. The highest BCUT2D eigenvalue weighted by molar-refractivity contribution is 7.99. The molecule has 3 aromatic rings. The second kappa shape index (κ2) is 8.34. The van der Waals surface area contributed by atoms with Crippen molar-refractivity contribution in [1.82, 2.24) is 9.55 Å². The number of rotatable bonds is 6. The summed E-state index contributed by atoms with van der Waals surface area (Å²) in [4.78, 5) is 41.1. The molecule has 0 aliphatic rings. The van der Waals surface area contributed by atoms with Crippen molar-refractivity contribution in [3.05, 3.63) is 50.6 Å². The third-order valence-electron chi connectivity index (χ3n) is 3.86. The number of primary amides is 1. The molecule has 2 heterocycles. The molecule has 0 radical (unpaired) electrons. The number of benzene rings is 1. The molecule has 1 aromatic carbocycles. The summed E-state index contributed by atoms with van der Waals surface area (Å²) in [6, 6.07) is 6.34. The number of thioether (sulfide) groups is 1. The number of amides is 2. The quantitative estimate of drug-likeness (QED) is 0.454. The molecule has 3 rings (SSSR count). The average Bonchev–Trinajstić information content (AvgIpc) is 3.07. The topological polar surface area (TPSA) is 107 Å². The van der Waals surface area contributed by atoms with Gasteiger partial charge in [-0.1, -0.05) is 23.4 Å². The van der Waals surface area contributed by atoms with Crippen LogP contribution in [-0.4, -0.2) is 27.1 Å². The maximum Gasteiger partial charge on any atom is 0.262 e. The minimum absolute atomic E-state index is 0.0152. The number of aromatic nitrogens is 2. The highest BCUT2D eigenvalue weighted by Gasteiger charge is 2.17. The van der Waals surface area contributed by atoms with Gasteiger partial charge in [-0.3, -0.25) is 19.0 Å². The van der Waals surface area contributed by atoms with Crippen molar-refractivity contribution in [3.63, 3.8) is 0 Å². The van der Waals surface area contributed by atoms with Crippen LogP contribution in [-0.2, 0) is 4.79 Å². The van der Waals surface area contributed by atoms with E-state index < -0.39 is 5.91 Å². The van der Waals surface area contributed by atoms with Crippen LogP contribution >= 0.6 is 34.7 Å². The van der Waals surface area contributed by atoms with E-state index in [-0.39, 0.29) is 28.8 Å². The van der Waals surface area contributed by atoms with Gasteiger partial charge in [0.15, 0.2) is 5.16 Å². The Kier molecular flexibility index (Phi) is 6.07. The summed E-state index contributed by atoms with van der Waals surface area (Å²) in [5.41, 5.74) is 5.84. The zero-order valence-corrected chi connectivity index (χ0v) is 17.5. The van der Waals surface area contributed by atoms with E-state index in [4.69, 9.17) is 17.3 Å². The molecule has 0 bridgehead atoms. The van der Waals surface area contributed by atoms with Crippen molar-refractivity contribution in [2.75, 3.05) is 11.1 Å². The van der Waals surface area contributed by atoms with E-state index in [1.165, 1.54) is 11.3 Å². The van der Waals surface area contributed by atoms with E-state index in [2.05, 4.69) is 10.3 Å². The third kappa shape index (κ3) is 4.21. The van der Waals surface area contributed by atoms with Gasteiger partial charge in [0.2, 0.25) is 5.91 Å². The fraction of sp³-hybridized carbons (Fsp3) is 0.222. The minimum Gasteiger partial charge on any atom is -0.366 e. The molecule has 28 heavy (non-hydrogen) atoms. The van der Waals surface area contributed by atoms with Crippen LogP contribution in [0.5, 0.6) is 0 Å². The van der Waals surface area contributed by atoms with Crippen LogP contribution in [0.1, 0.15) is 30.2 Å². The first-order valence-electron chi connectivity index (χ1n) is 8.29. The molecule has 2 aromatic heterocycles. The second-order valence-electron chi connectivity index (χ2n) is 6.19. The van der Waals surface area contributed by atoms with Gasteiger partial charge in [0.25, 0.3) is 11.5 Å². The molecule has 0 saturated heterocycles. The van der Waals surface area contributed by atoms with Crippen LogP contribution in [0.25, 0.3) is 10.9 Å². The zero-order valence-electron chi connectivity index (χ0n) is 15.1. The van der Waals surface area contributed by atoms with Crippen LogP contribution in [0.4, 0.5) is 5.00 Å². The minimum atomic E-state index is -0.606. The van der Waals surface area contributed by atoms with Crippen LogP contribution in [0.15, 0.2) is 39.6 Å². The van der Waals surface area contributed by atoms with Crippen molar-refractivity contribution >= 4 is 62.4 Å². The Bertz CT molecular complexity index is 1120. The van der Waals surface area contributed by atoms with Gasteiger partial charge in [-0.05, 0) is 43.5 Å². The summed E-state index contributed by atoms with van der Waals surface area (Å²) in [5.74, 6) is -0.918. The lowest BCUT2D eigenvalue weighted by Gasteiger charge is -2.16. The van der Waals surface area contributed by atoms with Crippen molar-refractivity contribution in [1.29, 1.82) is 0 Å². The van der Waals surface area contributed by atoms with Crippen LogP contribution in [0.2, 0.25) is 5.02 Å². The number of nitrogens with one attached hydrogen (secondary N) is 1. The number of thiophene rings is 1. The summed E-state index contributed by atoms with van der Waals surface area (Å²) >= 11 is 8.37. The highest BCUT2D eigenvalue weighted by Crippen LogP contribution is 2.25. The Morgan fingerprint density at radius 1 is 1.36 bits per heavy atom. The molecule has 0 aliphatic heterocycles. The molecule has 3 N–H and O–H groups in total. The molecule has 10 heteroatoms. The molecule has 7 nitrogen and oxygen atoms in total. The predicted octanol–water partition coefficient (Wildman–Crippen LogP) is 3.52. The zero-order chi connectivity index (χ0) is 20.4. The predicted molar refractivity (Wildman–Crippen MR) is 114 cm³/mol. The smallest absolute Gasteiger partial charge is 0.262 e. The molecule has 0 fully saturated rings. The largest absolute Gasteiger partial charge is 0.366 e. The Balaban J connectivity index is 1.86. The number of carbonyl (C=O) groups is 2. The van der Waals surface area contributed by atoms with Crippen LogP contribution in [0, 0.1) is 0 Å². The van der Waals surface area contributed by atoms with E-state index in [0.29, 0.717) is 26.1 Å². The summed E-state index contributed by atoms with van der Waals surface area (Å²) in [6.45, 7) is 3.75. The number of hydrogen-bond acceptors (Lipinski definition) is 6. The first kappa shape index (κ1) is 20.4. The summed E-state index contributed by atoms with van der Waals surface area (Å²) in [6.07, 6.45) is 0. The molecule has 0 unspecified atom stereocenters. The van der Waals surface area contributed by atoms with Crippen LogP contribution < -0.4 is 16.6 Å². The highest BCUT2D eigenvalue weighted by atomic mass is 35.5. The molecule has 0 spiro atoms. The van der Waals surface area contributed by atoms with Crippen molar-refractivity contribution in [2.24, 2.45) is 5.73 Å². The Labute approximate surface area is 173 Å². The first-order valence-corrected chi connectivity index (χ1v) is 10.5. The number of hydrogen-bond donors (Lipinski definition) is 2. The molecule has 0 saturated carbocycles. The average molecular weight is 437 g/mol. The summed E-state index contributed by atoms with van der Waals surface area (Å²) < 4.78 is 1.55. The second-order valence-corrected chi connectivity index (χ2v) is 8.48. The molecular formula is C18H17ClN4O3S2. The molecule has 146 valence electrons. The number of halogens is 1. The van der Waals surface area contributed by atoms with E-state index in [1.54, 1.807) is 34.2 Å². The van der Waals surface area contributed by atoms with E-state index in [1.807, 2.05) is 13.8 Å². The maximum absolute atomic E-state index is 12.8. The number of nitrogens with zero attached hydrogens (tertiary/aromatic N) is 2. The van der Waals surface area contributed by atoms with Gasteiger partial charge in [0.05, 0.1) is 22.2 Å². The van der Waals surface area contributed by atoms with Gasteiger partial charge in [0, 0.05) is 11.1 Å². The van der Waals surface area contributed by atoms with Crippen molar-refractivity contribution < 1.29 is 9.59 Å². The van der Waals surface area contributed by atoms with E-state index in [0.717, 1.165) is 11.8 Å².